The van der Waals surface area contributed by atoms with Gasteiger partial charge < -0.3 is 13.8 Å². The van der Waals surface area contributed by atoms with Gasteiger partial charge in [-0.05, 0) is 40.5 Å². The lowest BCUT2D eigenvalue weighted by molar-refractivity contribution is -0.146. The molecule has 0 aromatic carbocycles. The second kappa shape index (κ2) is 10.1. The van der Waals surface area contributed by atoms with Crippen molar-refractivity contribution in [2.45, 2.75) is 54.1 Å². The monoisotopic (exact) mass is 320 g/mol. The predicted molar refractivity (Wildman–Crippen MR) is 84.5 cm³/mol. The highest BCUT2D eigenvalue weighted by molar-refractivity contribution is 7.53. The van der Waals surface area contributed by atoms with Gasteiger partial charge in [0.2, 0.25) is 0 Å². The summed E-state index contributed by atoms with van der Waals surface area (Å²) in [7, 11) is -3.06. The second-order valence-corrected chi connectivity index (χ2v) is 7.32. The standard InChI is InChI=1S/C15H29O5P/c1-7-18-21(17,19-8-2)11-14(6)13(5)9-10-15(16)20-12(3)4/h9,12,14H,7-8,10-11H2,1-6H3. The highest BCUT2D eigenvalue weighted by Crippen LogP contribution is 2.50. The van der Waals surface area contributed by atoms with Crippen LogP contribution in [0.2, 0.25) is 0 Å². The average molecular weight is 320 g/mol. The van der Waals surface area contributed by atoms with Gasteiger partial charge in [0.1, 0.15) is 0 Å². The third-order valence-electron chi connectivity index (χ3n) is 2.88. The van der Waals surface area contributed by atoms with Crippen LogP contribution in [0, 0.1) is 5.92 Å². The summed E-state index contributed by atoms with van der Waals surface area (Å²) in [6.07, 6.45) is 2.25. The lowest BCUT2D eigenvalue weighted by Gasteiger charge is -2.21. The summed E-state index contributed by atoms with van der Waals surface area (Å²) in [5, 5.41) is 0. The number of esters is 1. The fourth-order valence-corrected chi connectivity index (χ4v) is 3.80. The van der Waals surface area contributed by atoms with Gasteiger partial charge in [-0.25, -0.2) is 0 Å². The molecule has 124 valence electrons. The van der Waals surface area contributed by atoms with Crippen molar-refractivity contribution in [3.8, 4) is 0 Å². The van der Waals surface area contributed by atoms with E-state index >= 15 is 0 Å². The Hall–Kier alpha value is -0.640. The van der Waals surface area contributed by atoms with Crippen LogP contribution in [0.4, 0.5) is 0 Å². The van der Waals surface area contributed by atoms with Crippen LogP contribution in [-0.4, -0.2) is 31.4 Å². The average Bonchev–Trinajstić information content (AvgIpc) is 2.35. The quantitative estimate of drug-likeness (QED) is 0.343. The minimum absolute atomic E-state index is 0.0146. The topological polar surface area (TPSA) is 61.8 Å². The molecular weight excluding hydrogens is 291 g/mol. The van der Waals surface area contributed by atoms with Gasteiger partial charge in [0.05, 0.1) is 31.9 Å². The Morgan fingerprint density at radius 2 is 1.67 bits per heavy atom. The van der Waals surface area contributed by atoms with E-state index in [1.165, 1.54) is 0 Å². The van der Waals surface area contributed by atoms with Gasteiger partial charge in [-0.3, -0.25) is 9.36 Å². The molecule has 5 nitrogen and oxygen atoms in total. The fraction of sp³-hybridized carbons (Fsp3) is 0.800. The minimum atomic E-state index is -3.06. The van der Waals surface area contributed by atoms with Crippen molar-refractivity contribution in [3.63, 3.8) is 0 Å². The number of ether oxygens (including phenoxy) is 1. The van der Waals surface area contributed by atoms with Crippen molar-refractivity contribution in [2.75, 3.05) is 19.4 Å². The molecule has 0 saturated carbocycles. The summed E-state index contributed by atoms with van der Waals surface area (Å²) in [6.45, 7) is 11.8. The molecule has 0 spiro atoms. The Morgan fingerprint density at radius 1 is 1.14 bits per heavy atom. The van der Waals surface area contributed by atoms with Crippen LogP contribution >= 0.6 is 7.60 Å². The molecule has 0 bridgehead atoms. The number of hydrogen-bond donors (Lipinski definition) is 0. The molecule has 0 saturated heterocycles. The first kappa shape index (κ1) is 20.4. The zero-order valence-corrected chi connectivity index (χ0v) is 14.9. The molecule has 0 rings (SSSR count). The molecule has 0 aliphatic rings. The largest absolute Gasteiger partial charge is 0.463 e. The van der Waals surface area contributed by atoms with E-state index in [1.54, 1.807) is 13.8 Å². The van der Waals surface area contributed by atoms with Crippen LogP contribution < -0.4 is 0 Å². The first-order valence-corrected chi connectivity index (χ1v) is 9.21. The van der Waals surface area contributed by atoms with Gasteiger partial charge in [-0.2, -0.15) is 0 Å². The molecule has 1 unspecified atom stereocenters. The number of hydrogen-bond acceptors (Lipinski definition) is 5. The summed E-state index contributed by atoms with van der Waals surface area (Å²) in [6, 6.07) is 0. The van der Waals surface area contributed by atoms with Crippen molar-refractivity contribution < 1.29 is 23.1 Å². The van der Waals surface area contributed by atoms with Gasteiger partial charge in [0, 0.05) is 0 Å². The third-order valence-corrected chi connectivity index (χ3v) is 5.18. The molecule has 0 aliphatic carbocycles. The summed E-state index contributed by atoms with van der Waals surface area (Å²) in [5.74, 6) is -0.241. The Morgan fingerprint density at radius 3 is 2.10 bits per heavy atom. The summed E-state index contributed by atoms with van der Waals surface area (Å²) in [5.41, 5.74) is 0.982. The Bertz CT molecular complexity index is 380. The zero-order valence-electron chi connectivity index (χ0n) is 14.0. The summed E-state index contributed by atoms with van der Waals surface area (Å²) >= 11 is 0. The molecule has 0 radical (unpaired) electrons. The van der Waals surface area contributed by atoms with Crippen LogP contribution in [0.25, 0.3) is 0 Å². The molecule has 1 atom stereocenters. The van der Waals surface area contributed by atoms with Crippen LogP contribution in [-0.2, 0) is 23.1 Å². The van der Waals surface area contributed by atoms with E-state index in [0.717, 1.165) is 5.57 Å². The van der Waals surface area contributed by atoms with E-state index in [2.05, 4.69) is 0 Å². The van der Waals surface area contributed by atoms with Crippen molar-refractivity contribution >= 4 is 13.6 Å². The molecule has 0 aliphatic heterocycles. The molecule has 0 heterocycles. The van der Waals surface area contributed by atoms with Gasteiger partial charge in [0.25, 0.3) is 0 Å². The van der Waals surface area contributed by atoms with E-state index in [0.29, 0.717) is 19.4 Å². The maximum atomic E-state index is 12.4. The number of rotatable bonds is 10. The second-order valence-electron chi connectivity index (χ2n) is 5.22. The third kappa shape index (κ3) is 9.07. The molecule has 0 aromatic rings. The van der Waals surface area contributed by atoms with Gasteiger partial charge in [0.15, 0.2) is 0 Å². The maximum Gasteiger partial charge on any atom is 0.331 e. The first-order valence-electron chi connectivity index (χ1n) is 7.48. The highest BCUT2D eigenvalue weighted by Gasteiger charge is 2.27. The van der Waals surface area contributed by atoms with Crippen molar-refractivity contribution in [2.24, 2.45) is 5.92 Å². The molecule has 0 N–H and O–H groups in total. The Kier molecular flexibility index (Phi) is 9.84. The van der Waals surface area contributed by atoms with Crippen molar-refractivity contribution in [1.29, 1.82) is 0 Å². The molecule has 0 amide bonds. The number of carbonyl (C=O) groups is 1. The first-order chi connectivity index (χ1) is 9.74. The van der Waals surface area contributed by atoms with Crippen molar-refractivity contribution in [1.82, 2.24) is 0 Å². The number of allylic oxidation sites excluding steroid dienone is 1. The lowest BCUT2D eigenvalue weighted by Crippen LogP contribution is -2.12. The predicted octanol–water partition coefficient (Wildman–Crippen LogP) is 4.18. The molecule has 0 aromatic heterocycles. The molecular formula is C15H29O5P. The Balaban J connectivity index is 4.57. The zero-order chi connectivity index (χ0) is 16.5. The minimum Gasteiger partial charge on any atom is -0.463 e. The van der Waals surface area contributed by atoms with Crippen LogP contribution in [0.3, 0.4) is 0 Å². The van der Waals surface area contributed by atoms with E-state index < -0.39 is 7.60 Å². The van der Waals surface area contributed by atoms with Gasteiger partial charge in [-0.1, -0.05) is 18.6 Å². The number of carbonyl (C=O) groups excluding carboxylic acids is 1. The van der Waals surface area contributed by atoms with Crippen LogP contribution in [0.1, 0.15) is 48.0 Å². The molecule has 0 fully saturated rings. The summed E-state index contributed by atoms with van der Waals surface area (Å²) < 4.78 is 28.1. The van der Waals surface area contributed by atoms with E-state index in [9.17, 15) is 9.36 Å². The fourth-order valence-electron chi connectivity index (χ4n) is 1.77. The van der Waals surface area contributed by atoms with Gasteiger partial charge in [-0.15, -0.1) is 0 Å². The molecule has 6 heteroatoms. The molecule has 21 heavy (non-hydrogen) atoms. The van der Waals surface area contributed by atoms with E-state index in [4.69, 9.17) is 13.8 Å². The Labute approximate surface area is 128 Å². The smallest absolute Gasteiger partial charge is 0.331 e. The van der Waals surface area contributed by atoms with Gasteiger partial charge >= 0.3 is 13.6 Å². The van der Waals surface area contributed by atoms with Crippen LogP contribution in [0.15, 0.2) is 11.6 Å². The normalized spacial score (nSPS) is 14.3. The van der Waals surface area contributed by atoms with Crippen LogP contribution in [0.5, 0.6) is 0 Å². The maximum absolute atomic E-state index is 12.4. The highest BCUT2D eigenvalue weighted by atomic mass is 31.2. The van der Waals surface area contributed by atoms with E-state index in [-0.39, 0.29) is 24.4 Å². The lowest BCUT2D eigenvalue weighted by atomic mass is 10.0. The SMILES string of the molecule is CCOP(=O)(CC(C)C(C)=CCC(=O)OC(C)C)OCC. The van der Waals surface area contributed by atoms with E-state index in [1.807, 2.05) is 33.8 Å². The summed E-state index contributed by atoms with van der Waals surface area (Å²) in [4.78, 5) is 11.5. The van der Waals surface area contributed by atoms with Crippen molar-refractivity contribution in [3.05, 3.63) is 11.6 Å².